The molecule has 8 heteroatoms. The molecule has 0 spiro atoms. The summed E-state index contributed by atoms with van der Waals surface area (Å²) in [4.78, 5) is 2.33. The minimum Gasteiger partial charge on any atom is -0.497 e. The Kier molecular flexibility index (Phi) is 10.5. The van der Waals surface area contributed by atoms with E-state index in [-0.39, 0.29) is 18.2 Å². The van der Waals surface area contributed by atoms with Gasteiger partial charge in [-0.2, -0.15) is 0 Å². The maximum atomic E-state index is 12.8. The predicted octanol–water partition coefficient (Wildman–Crippen LogP) is 6.78. The van der Waals surface area contributed by atoms with Crippen LogP contribution in [-0.4, -0.2) is 38.5 Å². The van der Waals surface area contributed by atoms with Crippen molar-refractivity contribution in [3.63, 3.8) is 0 Å². The first-order chi connectivity index (χ1) is 19.7. The number of hydrogen-bond acceptors (Lipinski definition) is 5. The second kappa shape index (κ2) is 14.0. The number of rotatable bonds is 14. The molecule has 4 N–H and O–H groups in total. The average Bonchev–Trinajstić information content (AvgIpc) is 3.30. The zero-order valence-electron chi connectivity index (χ0n) is 23.8. The van der Waals surface area contributed by atoms with Crippen molar-refractivity contribution in [3.05, 3.63) is 100 Å². The number of ether oxygens (including phenoxy) is 2. The van der Waals surface area contributed by atoms with Crippen LogP contribution < -0.4 is 20.9 Å². The van der Waals surface area contributed by atoms with Gasteiger partial charge in [-0.15, -0.1) is 13.2 Å². The van der Waals surface area contributed by atoms with Crippen LogP contribution in [0.25, 0.3) is 5.57 Å². The van der Waals surface area contributed by atoms with Crippen molar-refractivity contribution < 1.29 is 22.6 Å². The van der Waals surface area contributed by atoms with Crippen molar-refractivity contribution in [3.8, 4) is 11.5 Å². The number of nitrogens with zero attached hydrogens (tertiary/aromatic N) is 1. The molecule has 1 aliphatic carbocycles. The molecule has 41 heavy (non-hydrogen) atoms. The topological polar surface area (TPSA) is 73.7 Å². The van der Waals surface area contributed by atoms with E-state index in [1.165, 1.54) is 28.8 Å². The number of benzene rings is 3. The highest BCUT2D eigenvalue weighted by Gasteiger charge is 2.32. The number of aryl methyl sites for hydroxylation is 1. The van der Waals surface area contributed by atoms with Gasteiger partial charge in [-0.3, -0.25) is 0 Å². The number of alkyl halides is 3. The van der Waals surface area contributed by atoms with Gasteiger partial charge in [0.15, 0.2) is 0 Å². The molecule has 0 bridgehead atoms. The van der Waals surface area contributed by atoms with Gasteiger partial charge in [0.25, 0.3) is 0 Å². The Morgan fingerprint density at radius 1 is 0.878 bits per heavy atom. The van der Waals surface area contributed by atoms with Crippen molar-refractivity contribution in [2.24, 2.45) is 11.5 Å². The molecule has 3 aromatic rings. The van der Waals surface area contributed by atoms with Gasteiger partial charge in [-0.1, -0.05) is 36.4 Å². The van der Waals surface area contributed by atoms with E-state index in [9.17, 15) is 13.2 Å². The van der Waals surface area contributed by atoms with E-state index >= 15 is 0 Å². The van der Waals surface area contributed by atoms with Gasteiger partial charge in [0.05, 0.1) is 7.11 Å². The summed E-state index contributed by atoms with van der Waals surface area (Å²) in [5, 5.41) is 0. The molecule has 1 aliphatic rings. The largest absolute Gasteiger partial charge is 0.573 e. The lowest BCUT2D eigenvalue weighted by molar-refractivity contribution is -0.274. The van der Waals surface area contributed by atoms with Gasteiger partial charge in [-0.25, -0.2) is 0 Å². The first kappa shape index (κ1) is 30.6. The fourth-order valence-corrected chi connectivity index (χ4v) is 5.58. The molecule has 0 amide bonds. The monoisotopic (exact) mass is 567 g/mol. The first-order valence-corrected chi connectivity index (χ1v) is 14.2. The van der Waals surface area contributed by atoms with Crippen molar-refractivity contribution >= 4 is 5.57 Å². The van der Waals surface area contributed by atoms with Crippen LogP contribution in [0.1, 0.15) is 65.0 Å². The summed E-state index contributed by atoms with van der Waals surface area (Å²) in [6.07, 6.45) is 2.44. The Morgan fingerprint density at radius 2 is 1.71 bits per heavy atom. The highest BCUT2D eigenvalue weighted by Crippen LogP contribution is 2.43. The number of methoxy groups -OCH3 is 1. The minimum atomic E-state index is -4.75. The number of allylic oxidation sites excluding steroid dienone is 1. The van der Waals surface area contributed by atoms with Crippen LogP contribution in [0, 0.1) is 0 Å². The molecule has 0 heterocycles. The molecule has 5 nitrogen and oxygen atoms in total. The van der Waals surface area contributed by atoms with Crippen LogP contribution in [0.3, 0.4) is 0 Å². The number of hydrogen-bond donors (Lipinski definition) is 2. The lowest BCUT2D eigenvalue weighted by atomic mass is 9.92. The van der Waals surface area contributed by atoms with Gasteiger partial charge in [0, 0.05) is 19.0 Å². The SMILES string of the molecule is COc1cccc(CCCCN(C)Cc2ccc3c(c2)C(c2ccc(OC(F)(F)F)cc2CN)=CC3CCCN)c1. The smallest absolute Gasteiger partial charge is 0.497 e. The molecule has 4 rings (SSSR count). The van der Waals surface area contributed by atoms with Crippen LogP contribution in [0.2, 0.25) is 0 Å². The van der Waals surface area contributed by atoms with E-state index in [1.807, 2.05) is 12.1 Å². The van der Waals surface area contributed by atoms with E-state index in [2.05, 4.69) is 53.1 Å². The highest BCUT2D eigenvalue weighted by molar-refractivity contribution is 5.87. The van der Waals surface area contributed by atoms with Crippen LogP contribution in [0.5, 0.6) is 11.5 Å². The summed E-state index contributed by atoms with van der Waals surface area (Å²) < 4.78 is 47.9. The van der Waals surface area contributed by atoms with Crippen LogP contribution in [-0.2, 0) is 19.5 Å². The molecule has 220 valence electrons. The predicted molar refractivity (Wildman–Crippen MR) is 158 cm³/mol. The summed E-state index contributed by atoms with van der Waals surface area (Å²) >= 11 is 0. The Bertz CT molecular complexity index is 1340. The molecular formula is C33H40F3N3O2. The third kappa shape index (κ3) is 8.35. The molecule has 0 aliphatic heterocycles. The quantitative estimate of drug-likeness (QED) is 0.210. The van der Waals surface area contributed by atoms with E-state index in [0.29, 0.717) is 12.1 Å². The molecule has 1 atom stereocenters. The highest BCUT2D eigenvalue weighted by atomic mass is 19.4. The maximum absolute atomic E-state index is 12.8. The Labute approximate surface area is 240 Å². The third-order valence-electron chi connectivity index (χ3n) is 7.56. The summed E-state index contributed by atoms with van der Waals surface area (Å²) in [5.74, 6) is 0.824. The second-order valence-electron chi connectivity index (χ2n) is 10.7. The van der Waals surface area contributed by atoms with Gasteiger partial charge in [0.1, 0.15) is 11.5 Å². The van der Waals surface area contributed by atoms with E-state index < -0.39 is 6.36 Å². The van der Waals surface area contributed by atoms with E-state index in [0.717, 1.165) is 67.6 Å². The van der Waals surface area contributed by atoms with Crippen molar-refractivity contribution in [2.75, 3.05) is 27.2 Å². The van der Waals surface area contributed by atoms with Gasteiger partial charge >= 0.3 is 6.36 Å². The Hall–Kier alpha value is -3.33. The van der Waals surface area contributed by atoms with Gasteiger partial charge in [-0.05, 0) is 122 Å². The molecule has 0 saturated heterocycles. The summed E-state index contributed by atoms with van der Waals surface area (Å²) in [6, 6.07) is 19.2. The summed E-state index contributed by atoms with van der Waals surface area (Å²) in [5.41, 5.74) is 19.1. The molecule has 1 unspecified atom stereocenters. The Balaban J connectivity index is 1.47. The fraction of sp³-hybridized carbons (Fsp3) is 0.394. The zero-order valence-corrected chi connectivity index (χ0v) is 23.8. The fourth-order valence-electron chi connectivity index (χ4n) is 5.58. The molecule has 0 saturated carbocycles. The summed E-state index contributed by atoms with van der Waals surface area (Å²) in [7, 11) is 3.82. The molecular weight excluding hydrogens is 527 g/mol. The van der Waals surface area contributed by atoms with Crippen LogP contribution in [0.15, 0.2) is 66.7 Å². The van der Waals surface area contributed by atoms with Crippen molar-refractivity contribution in [1.82, 2.24) is 4.90 Å². The number of fused-ring (bicyclic) bond motifs is 1. The number of halogens is 3. The van der Waals surface area contributed by atoms with Gasteiger partial charge in [0.2, 0.25) is 0 Å². The molecule has 0 radical (unpaired) electrons. The van der Waals surface area contributed by atoms with Gasteiger partial charge < -0.3 is 25.8 Å². The third-order valence-corrected chi connectivity index (χ3v) is 7.56. The zero-order chi connectivity index (χ0) is 29.4. The maximum Gasteiger partial charge on any atom is 0.573 e. The minimum absolute atomic E-state index is 0.0999. The molecule has 3 aromatic carbocycles. The first-order valence-electron chi connectivity index (χ1n) is 14.2. The average molecular weight is 568 g/mol. The standard InChI is InChI=1S/C33H40F3N3O2/c1-39(16-4-3-7-23-8-5-10-27(17-23)40-2)22-24-11-13-29-25(9-6-15-37)20-32(31(29)18-24)30-14-12-28(19-26(30)21-38)41-33(34,35)36/h5,8,10-14,17-20,25H,3-4,6-7,9,15-16,21-22,37-38H2,1-2H3. The number of unbranched alkanes of at least 4 members (excludes halogenated alkanes) is 1. The molecule has 0 aromatic heterocycles. The normalized spacial score (nSPS) is 14.7. The van der Waals surface area contributed by atoms with Crippen LogP contribution >= 0.6 is 0 Å². The lowest BCUT2D eigenvalue weighted by Crippen LogP contribution is -2.19. The molecule has 0 fully saturated rings. The second-order valence-corrected chi connectivity index (χ2v) is 10.7. The Morgan fingerprint density at radius 3 is 2.44 bits per heavy atom. The van der Waals surface area contributed by atoms with Crippen molar-refractivity contribution in [2.45, 2.75) is 57.5 Å². The van der Waals surface area contributed by atoms with E-state index in [4.69, 9.17) is 16.2 Å². The number of nitrogens with two attached hydrogens (primary N) is 2. The lowest BCUT2D eigenvalue weighted by Gasteiger charge is -2.19. The van der Waals surface area contributed by atoms with E-state index in [1.54, 1.807) is 13.2 Å². The summed E-state index contributed by atoms with van der Waals surface area (Å²) in [6.45, 7) is 2.48. The van der Waals surface area contributed by atoms with Crippen molar-refractivity contribution in [1.29, 1.82) is 0 Å². The van der Waals surface area contributed by atoms with Crippen LogP contribution in [0.4, 0.5) is 13.2 Å².